The van der Waals surface area contributed by atoms with Crippen LogP contribution in [0, 0.1) is 12.5 Å². The van der Waals surface area contributed by atoms with Crippen molar-refractivity contribution < 1.29 is 13.2 Å². The Kier molecular flexibility index (Phi) is 4.82. The van der Waals surface area contributed by atoms with Crippen molar-refractivity contribution in [3.05, 3.63) is 29.8 Å². The van der Waals surface area contributed by atoms with Crippen LogP contribution < -0.4 is 0 Å². The molecule has 0 aromatic heterocycles. The predicted octanol–water partition coefficient (Wildman–Crippen LogP) is 2.65. The van der Waals surface area contributed by atoms with Gasteiger partial charge in [0, 0.05) is 0 Å². The molecular weight excluding hydrogens is 296 g/mol. The number of thioether (sulfide) groups is 1. The number of nitrogens with zero attached hydrogens (tertiary/aromatic N) is 1. The minimum Gasteiger partial charge on any atom is -0.352 e. The van der Waals surface area contributed by atoms with Gasteiger partial charge >= 0.3 is 0 Å². The zero-order valence-corrected chi connectivity index (χ0v) is 13.1. The highest BCUT2D eigenvalue weighted by Crippen LogP contribution is 2.31. The first kappa shape index (κ1) is 15.5. The van der Waals surface area contributed by atoms with Crippen LogP contribution in [0.4, 0.5) is 0 Å². The third-order valence-corrected chi connectivity index (χ3v) is 6.65. The van der Waals surface area contributed by atoms with Gasteiger partial charge < -0.3 is 4.74 Å². The van der Waals surface area contributed by atoms with Crippen LogP contribution in [0.25, 0.3) is 0 Å². The fraction of sp³-hybridized carbons (Fsp3) is 0.538. The van der Waals surface area contributed by atoms with Gasteiger partial charge in [-0.05, 0) is 31.7 Å². The first-order valence-corrected chi connectivity index (χ1v) is 9.14. The maximum atomic E-state index is 12.6. The number of benzene rings is 1. The van der Waals surface area contributed by atoms with E-state index in [1.807, 2.05) is 13.2 Å². The molecule has 3 unspecified atom stereocenters. The second-order valence-corrected chi connectivity index (χ2v) is 8.15. The molecule has 110 valence electrons. The molecule has 0 bridgehead atoms. The average molecular weight is 314 g/mol. The summed E-state index contributed by atoms with van der Waals surface area (Å²) >= 11 is 1.49. The van der Waals surface area contributed by atoms with Gasteiger partial charge in [0.15, 0.2) is 16.1 Å². The summed E-state index contributed by atoms with van der Waals surface area (Å²) in [5.41, 5.74) is 8.10. The van der Waals surface area contributed by atoms with Crippen LogP contribution in [0.5, 0.6) is 0 Å². The van der Waals surface area contributed by atoms with Crippen molar-refractivity contribution >= 4 is 21.6 Å². The molecule has 7 heteroatoms. The van der Waals surface area contributed by atoms with Crippen LogP contribution in [0.15, 0.2) is 34.3 Å². The van der Waals surface area contributed by atoms with E-state index in [9.17, 15) is 8.42 Å². The zero-order chi connectivity index (χ0) is 14.8. The summed E-state index contributed by atoms with van der Waals surface area (Å²) in [6, 6.07) is 6.87. The van der Waals surface area contributed by atoms with Crippen molar-refractivity contribution in [3.63, 3.8) is 0 Å². The Hall–Kier alpha value is -0.920. The molecule has 1 aromatic carbocycles. The maximum absolute atomic E-state index is 12.6. The van der Waals surface area contributed by atoms with Crippen LogP contribution >= 0.6 is 11.8 Å². The molecule has 0 saturated carbocycles. The molecule has 1 fully saturated rings. The summed E-state index contributed by atoms with van der Waals surface area (Å²) in [7, 11) is -3.39. The van der Waals surface area contributed by atoms with Gasteiger partial charge in [-0.15, -0.1) is 0 Å². The van der Waals surface area contributed by atoms with E-state index in [1.165, 1.54) is 11.8 Å². The topological polar surface area (TPSA) is 79.6 Å². The number of hydrogen-bond donors (Lipinski definition) is 1. The number of aryl methyl sites for hydroxylation is 1. The molecule has 1 heterocycles. The van der Waals surface area contributed by atoms with Crippen LogP contribution in [0.2, 0.25) is 0 Å². The molecule has 1 aliphatic heterocycles. The summed E-state index contributed by atoms with van der Waals surface area (Å²) in [5, 5.41) is 2.75. The van der Waals surface area contributed by atoms with Gasteiger partial charge in [0.25, 0.3) is 0 Å². The smallest absolute Gasteiger partial charge is 0.183 e. The SMILES string of the molecule is CSC1CC(S(=O)(=O)c2ccc(C)cc2)COC1N=N. The second kappa shape index (κ2) is 6.24. The number of sulfone groups is 1. The highest BCUT2D eigenvalue weighted by molar-refractivity contribution is 7.99. The summed E-state index contributed by atoms with van der Waals surface area (Å²) in [6.45, 7) is 2.02. The third kappa shape index (κ3) is 3.05. The Morgan fingerprint density at radius 1 is 1.35 bits per heavy atom. The number of nitrogens with one attached hydrogen (secondary N) is 1. The Morgan fingerprint density at radius 3 is 2.55 bits per heavy atom. The molecule has 0 radical (unpaired) electrons. The monoisotopic (exact) mass is 314 g/mol. The van der Waals surface area contributed by atoms with Crippen LogP contribution in [0.1, 0.15) is 12.0 Å². The Labute approximate surface area is 123 Å². The van der Waals surface area contributed by atoms with Crippen molar-refractivity contribution in [1.29, 1.82) is 5.53 Å². The third-order valence-electron chi connectivity index (χ3n) is 3.48. The molecule has 0 spiro atoms. The molecule has 1 N–H and O–H groups in total. The van der Waals surface area contributed by atoms with Crippen molar-refractivity contribution in [1.82, 2.24) is 0 Å². The quantitative estimate of drug-likeness (QED) is 0.866. The summed E-state index contributed by atoms with van der Waals surface area (Å²) < 4.78 is 30.6. The van der Waals surface area contributed by atoms with Crippen LogP contribution in [0.3, 0.4) is 0 Å². The molecule has 1 aromatic rings. The van der Waals surface area contributed by atoms with Crippen molar-refractivity contribution in [2.75, 3.05) is 12.9 Å². The van der Waals surface area contributed by atoms with E-state index in [2.05, 4.69) is 5.11 Å². The summed E-state index contributed by atoms with van der Waals surface area (Å²) in [6.07, 6.45) is 1.81. The first-order chi connectivity index (χ1) is 9.48. The molecule has 0 amide bonds. The number of hydrogen-bond acceptors (Lipinski definition) is 6. The van der Waals surface area contributed by atoms with Crippen LogP contribution in [-0.2, 0) is 14.6 Å². The first-order valence-electron chi connectivity index (χ1n) is 6.30. The van der Waals surface area contributed by atoms with Crippen molar-refractivity contribution in [2.24, 2.45) is 5.11 Å². The van der Waals surface area contributed by atoms with Crippen molar-refractivity contribution in [2.45, 2.75) is 35.0 Å². The molecule has 3 atom stereocenters. The predicted molar refractivity (Wildman–Crippen MR) is 79.0 cm³/mol. The minimum atomic E-state index is -3.39. The Morgan fingerprint density at radius 2 is 2.00 bits per heavy atom. The van der Waals surface area contributed by atoms with Gasteiger partial charge in [0.2, 0.25) is 0 Å². The highest BCUT2D eigenvalue weighted by atomic mass is 32.2. The number of rotatable bonds is 4. The van der Waals surface area contributed by atoms with Gasteiger partial charge in [-0.1, -0.05) is 17.7 Å². The molecular formula is C13H18N2O3S2. The minimum absolute atomic E-state index is 0.0912. The molecule has 1 aliphatic rings. The largest absolute Gasteiger partial charge is 0.352 e. The molecule has 1 saturated heterocycles. The van der Waals surface area contributed by atoms with Crippen molar-refractivity contribution in [3.8, 4) is 0 Å². The fourth-order valence-electron chi connectivity index (χ4n) is 2.23. The molecule has 20 heavy (non-hydrogen) atoms. The van der Waals surface area contributed by atoms with E-state index in [0.29, 0.717) is 11.3 Å². The fourth-order valence-corrected chi connectivity index (χ4v) is 4.76. The van der Waals surface area contributed by atoms with E-state index in [0.717, 1.165) is 5.56 Å². The lowest BCUT2D eigenvalue weighted by atomic mass is 10.2. The lowest BCUT2D eigenvalue weighted by Crippen LogP contribution is -2.41. The van der Waals surface area contributed by atoms with Gasteiger partial charge in [-0.25, -0.2) is 13.9 Å². The standard InChI is InChI=1S/C13H18N2O3S2/c1-9-3-5-10(6-4-9)20(16,17)11-7-12(19-2)13(15-14)18-8-11/h3-6,11-14H,7-8H2,1-2H3. The van der Waals surface area contributed by atoms with E-state index in [4.69, 9.17) is 10.3 Å². The van der Waals surface area contributed by atoms with Gasteiger partial charge in [0.1, 0.15) is 0 Å². The Bertz CT molecular complexity index is 572. The lowest BCUT2D eigenvalue weighted by Gasteiger charge is -2.32. The van der Waals surface area contributed by atoms with Gasteiger partial charge in [0.05, 0.1) is 22.0 Å². The highest BCUT2D eigenvalue weighted by Gasteiger charge is 2.38. The van der Waals surface area contributed by atoms with Gasteiger partial charge in [-0.2, -0.15) is 16.9 Å². The molecule has 5 nitrogen and oxygen atoms in total. The zero-order valence-electron chi connectivity index (χ0n) is 11.4. The number of ether oxygens (including phenoxy) is 1. The van der Waals surface area contributed by atoms with E-state index >= 15 is 0 Å². The van der Waals surface area contributed by atoms with Crippen LogP contribution in [-0.4, -0.2) is 38.0 Å². The van der Waals surface area contributed by atoms with E-state index < -0.39 is 21.3 Å². The second-order valence-electron chi connectivity index (χ2n) is 4.84. The average Bonchev–Trinajstić information content (AvgIpc) is 2.46. The van der Waals surface area contributed by atoms with Gasteiger partial charge in [-0.3, -0.25) is 0 Å². The molecule has 2 rings (SSSR count). The summed E-state index contributed by atoms with van der Waals surface area (Å²) in [5.74, 6) is 0. The van der Waals surface area contributed by atoms with E-state index in [-0.39, 0.29) is 11.9 Å². The normalized spacial score (nSPS) is 27.2. The lowest BCUT2D eigenvalue weighted by molar-refractivity contribution is 0.0232. The van der Waals surface area contributed by atoms with E-state index in [1.54, 1.807) is 24.3 Å². The molecule has 0 aliphatic carbocycles. The maximum Gasteiger partial charge on any atom is 0.183 e. The summed E-state index contributed by atoms with van der Waals surface area (Å²) in [4.78, 5) is 0.331. The Balaban J connectivity index is 2.22.